The number of carbonyl (C=O) groups is 2. The van der Waals surface area contributed by atoms with Crippen molar-refractivity contribution in [3.8, 4) is 6.07 Å². The molecular weight excluding hydrogens is 314 g/mol. The Morgan fingerprint density at radius 1 is 1.30 bits per heavy atom. The molecule has 118 valence electrons. The van der Waals surface area contributed by atoms with Crippen molar-refractivity contribution in [1.29, 1.82) is 5.26 Å². The van der Waals surface area contributed by atoms with Crippen LogP contribution in [0.25, 0.3) is 0 Å². The first kappa shape index (κ1) is 16.7. The first-order chi connectivity index (χ1) is 11.2. The summed E-state index contributed by atoms with van der Waals surface area (Å²) in [5.74, 6) is -1.61. The summed E-state index contributed by atoms with van der Waals surface area (Å²) in [6.45, 7) is 0.180. The van der Waals surface area contributed by atoms with Crippen molar-refractivity contribution >= 4 is 28.8 Å². The van der Waals surface area contributed by atoms with Crippen molar-refractivity contribution in [2.45, 2.75) is 6.10 Å². The fourth-order valence-electron chi connectivity index (χ4n) is 1.93. The van der Waals surface area contributed by atoms with E-state index in [2.05, 4.69) is 10.6 Å². The lowest BCUT2D eigenvalue weighted by Crippen LogP contribution is -2.38. The zero-order valence-corrected chi connectivity index (χ0v) is 13.2. The molecule has 6 nitrogen and oxygen atoms in total. The largest absolute Gasteiger partial charge is 0.375 e. The van der Waals surface area contributed by atoms with Crippen LogP contribution in [-0.2, 0) is 14.3 Å². The van der Waals surface area contributed by atoms with E-state index in [1.54, 1.807) is 24.3 Å². The number of rotatable bonds is 5. The van der Waals surface area contributed by atoms with E-state index in [-0.39, 0.29) is 12.6 Å². The van der Waals surface area contributed by atoms with Crippen LogP contribution >= 0.6 is 11.3 Å². The third-order valence-electron chi connectivity index (χ3n) is 3.15. The van der Waals surface area contributed by atoms with Gasteiger partial charge in [-0.2, -0.15) is 16.6 Å². The van der Waals surface area contributed by atoms with Crippen molar-refractivity contribution < 1.29 is 14.3 Å². The standard InChI is InChI=1S/C16H15N3O3S/c1-22-14(12-6-7-23-10-12)9-18-15(20)16(21)19-13-5-3-2-4-11(13)8-17/h2-7,10,14H,9H2,1H3,(H,18,20)(H,19,21)/t14-/m1/s1. The third kappa shape index (κ3) is 4.39. The molecule has 2 rings (SSSR count). The minimum Gasteiger partial charge on any atom is -0.375 e. The van der Waals surface area contributed by atoms with Gasteiger partial charge in [0, 0.05) is 13.7 Å². The number of benzene rings is 1. The van der Waals surface area contributed by atoms with Crippen LogP contribution in [0.2, 0.25) is 0 Å². The number of nitriles is 1. The lowest BCUT2D eigenvalue weighted by molar-refractivity contribution is -0.136. The second-order valence-corrected chi connectivity index (χ2v) is 5.38. The monoisotopic (exact) mass is 329 g/mol. The van der Waals surface area contributed by atoms with Crippen molar-refractivity contribution in [1.82, 2.24) is 5.32 Å². The average Bonchev–Trinajstić information content (AvgIpc) is 3.10. The van der Waals surface area contributed by atoms with Gasteiger partial charge in [0.2, 0.25) is 0 Å². The highest BCUT2D eigenvalue weighted by molar-refractivity contribution is 7.07. The Balaban J connectivity index is 1.93. The predicted octanol–water partition coefficient (Wildman–Crippen LogP) is 2.06. The van der Waals surface area contributed by atoms with Gasteiger partial charge in [-0.15, -0.1) is 0 Å². The van der Waals surface area contributed by atoms with Crippen LogP contribution in [0, 0.1) is 11.3 Å². The maximum absolute atomic E-state index is 11.9. The van der Waals surface area contributed by atoms with Gasteiger partial charge in [-0.05, 0) is 34.5 Å². The molecule has 1 aromatic heterocycles. The summed E-state index contributed by atoms with van der Waals surface area (Å²) in [7, 11) is 1.54. The van der Waals surface area contributed by atoms with Crippen molar-refractivity contribution in [2.75, 3.05) is 19.0 Å². The number of methoxy groups -OCH3 is 1. The molecule has 0 fully saturated rings. The fourth-order valence-corrected chi connectivity index (χ4v) is 2.63. The highest BCUT2D eigenvalue weighted by Crippen LogP contribution is 2.18. The smallest absolute Gasteiger partial charge is 0.313 e. The molecule has 1 atom stereocenters. The lowest BCUT2D eigenvalue weighted by Gasteiger charge is -2.15. The molecule has 0 radical (unpaired) electrons. The van der Waals surface area contributed by atoms with E-state index in [1.807, 2.05) is 22.9 Å². The van der Waals surface area contributed by atoms with Gasteiger partial charge in [0.15, 0.2) is 0 Å². The van der Waals surface area contributed by atoms with Gasteiger partial charge in [0.1, 0.15) is 12.2 Å². The number of hydrogen-bond donors (Lipinski definition) is 2. The first-order valence-electron chi connectivity index (χ1n) is 6.79. The van der Waals surface area contributed by atoms with E-state index in [9.17, 15) is 9.59 Å². The minimum absolute atomic E-state index is 0.180. The van der Waals surface area contributed by atoms with Gasteiger partial charge in [0.25, 0.3) is 0 Å². The number of nitrogens with one attached hydrogen (secondary N) is 2. The van der Waals surface area contributed by atoms with E-state index in [0.717, 1.165) is 5.56 Å². The number of ether oxygens (including phenoxy) is 1. The van der Waals surface area contributed by atoms with Crippen LogP contribution in [0.1, 0.15) is 17.2 Å². The molecular formula is C16H15N3O3S. The van der Waals surface area contributed by atoms with E-state index in [4.69, 9.17) is 10.00 Å². The van der Waals surface area contributed by atoms with Gasteiger partial charge >= 0.3 is 11.8 Å². The number of thiophene rings is 1. The zero-order chi connectivity index (χ0) is 16.7. The molecule has 0 aliphatic heterocycles. The van der Waals surface area contributed by atoms with Gasteiger partial charge in [0.05, 0.1) is 11.3 Å². The van der Waals surface area contributed by atoms with Crippen LogP contribution in [0.3, 0.4) is 0 Å². The molecule has 7 heteroatoms. The quantitative estimate of drug-likeness (QED) is 0.822. The Hall–Kier alpha value is -2.69. The number of hydrogen-bond acceptors (Lipinski definition) is 5. The first-order valence-corrected chi connectivity index (χ1v) is 7.73. The fraction of sp³-hybridized carbons (Fsp3) is 0.188. The molecule has 0 saturated heterocycles. The Labute approximate surface area is 137 Å². The van der Waals surface area contributed by atoms with Gasteiger partial charge in [-0.1, -0.05) is 12.1 Å². The summed E-state index contributed by atoms with van der Waals surface area (Å²) in [4.78, 5) is 23.8. The average molecular weight is 329 g/mol. The molecule has 2 aromatic rings. The highest BCUT2D eigenvalue weighted by Gasteiger charge is 2.18. The Morgan fingerprint density at radius 2 is 2.09 bits per heavy atom. The molecule has 0 spiro atoms. The van der Waals surface area contributed by atoms with E-state index < -0.39 is 11.8 Å². The third-order valence-corrected chi connectivity index (χ3v) is 3.85. The topological polar surface area (TPSA) is 91.2 Å². The van der Waals surface area contributed by atoms with E-state index >= 15 is 0 Å². The summed E-state index contributed by atoms with van der Waals surface area (Å²) in [6.07, 6.45) is -0.315. The van der Waals surface area contributed by atoms with E-state index in [0.29, 0.717) is 11.3 Å². The van der Waals surface area contributed by atoms with Crippen molar-refractivity contribution in [2.24, 2.45) is 0 Å². The lowest BCUT2D eigenvalue weighted by atomic mass is 10.2. The van der Waals surface area contributed by atoms with Gasteiger partial charge in [-0.25, -0.2) is 0 Å². The molecule has 1 heterocycles. The molecule has 23 heavy (non-hydrogen) atoms. The van der Waals surface area contributed by atoms with Gasteiger partial charge in [-0.3, -0.25) is 9.59 Å². The molecule has 0 aliphatic carbocycles. The summed E-state index contributed by atoms with van der Waals surface area (Å²) in [5.41, 5.74) is 1.53. The van der Waals surface area contributed by atoms with Gasteiger partial charge < -0.3 is 15.4 Å². The number of nitrogens with zero attached hydrogens (tertiary/aromatic N) is 1. The maximum Gasteiger partial charge on any atom is 0.313 e. The normalized spacial score (nSPS) is 11.3. The van der Waals surface area contributed by atoms with Crippen LogP contribution in [0.15, 0.2) is 41.1 Å². The predicted molar refractivity (Wildman–Crippen MR) is 86.9 cm³/mol. The summed E-state index contributed by atoms with van der Waals surface area (Å²) >= 11 is 1.53. The molecule has 0 aliphatic rings. The second-order valence-electron chi connectivity index (χ2n) is 4.60. The SMILES string of the molecule is CO[C@H](CNC(=O)C(=O)Nc1ccccc1C#N)c1ccsc1. The summed E-state index contributed by atoms with van der Waals surface area (Å²) in [5, 5.41) is 17.7. The maximum atomic E-state index is 11.9. The Bertz CT molecular complexity index is 722. The Morgan fingerprint density at radius 3 is 2.74 bits per heavy atom. The van der Waals surface area contributed by atoms with Crippen LogP contribution in [0.4, 0.5) is 5.69 Å². The van der Waals surface area contributed by atoms with Crippen molar-refractivity contribution in [3.63, 3.8) is 0 Å². The highest BCUT2D eigenvalue weighted by atomic mass is 32.1. The molecule has 0 saturated carbocycles. The molecule has 0 bridgehead atoms. The van der Waals surface area contributed by atoms with Crippen LogP contribution in [-0.4, -0.2) is 25.5 Å². The number of para-hydroxylation sites is 1. The molecule has 1 aromatic carbocycles. The van der Waals surface area contributed by atoms with Crippen molar-refractivity contribution in [3.05, 3.63) is 52.2 Å². The summed E-state index contributed by atoms with van der Waals surface area (Å²) in [6, 6.07) is 10.3. The van der Waals surface area contributed by atoms with Crippen LogP contribution in [0.5, 0.6) is 0 Å². The summed E-state index contributed by atoms with van der Waals surface area (Å²) < 4.78 is 5.30. The number of amides is 2. The molecule has 2 N–H and O–H groups in total. The number of anilines is 1. The zero-order valence-electron chi connectivity index (χ0n) is 12.4. The number of carbonyl (C=O) groups excluding carboxylic acids is 2. The van der Waals surface area contributed by atoms with E-state index in [1.165, 1.54) is 18.4 Å². The minimum atomic E-state index is -0.826. The molecule has 0 unspecified atom stereocenters. The second kappa shape index (κ2) is 8.08. The Kier molecular flexibility index (Phi) is 5.86. The van der Waals surface area contributed by atoms with Crippen LogP contribution < -0.4 is 10.6 Å². The molecule has 2 amide bonds.